The van der Waals surface area contributed by atoms with E-state index in [-0.39, 0.29) is 5.82 Å². The molecule has 1 fully saturated rings. The van der Waals surface area contributed by atoms with Crippen LogP contribution in [0.4, 0.5) is 4.39 Å². The van der Waals surface area contributed by atoms with Gasteiger partial charge in [-0.3, -0.25) is 0 Å². The van der Waals surface area contributed by atoms with Gasteiger partial charge in [0.05, 0.1) is 0 Å². The smallest absolute Gasteiger partial charge is 0.127 e. The highest BCUT2D eigenvalue weighted by molar-refractivity contribution is 9.10. The van der Waals surface area contributed by atoms with Crippen LogP contribution in [0.25, 0.3) is 0 Å². The van der Waals surface area contributed by atoms with E-state index in [4.69, 9.17) is 0 Å². The predicted octanol–water partition coefficient (Wildman–Crippen LogP) is 3.91. The molecule has 1 nitrogen and oxygen atoms in total. The molecule has 1 aliphatic rings. The Labute approximate surface area is 111 Å². The number of rotatable bonds is 3. The number of benzene rings is 1. The molecule has 3 heteroatoms. The van der Waals surface area contributed by atoms with Crippen LogP contribution < -0.4 is 5.32 Å². The van der Waals surface area contributed by atoms with E-state index < -0.39 is 0 Å². The van der Waals surface area contributed by atoms with Crippen molar-refractivity contribution in [3.8, 4) is 0 Å². The van der Waals surface area contributed by atoms with Gasteiger partial charge in [-0.05, 0) is 49.9 Å². The summed E-state index contributed by atoms with van der Waals surface area (Å²) in [5.41, 5.74) is 0.848. The summed E-state index contributed by atoms with van der Waals surface area (Å²) in [5.74, 6) is 0.490. The average molecular weight is 300 g/mol. The first-order valence-electron chi connectivity index (χ1n) is 6.32. The van der Waals surface area contributed by atoms with Gasteiger partial charge >= 0.3 is 0 Å². The lowest BCUT2D eigenvalue weighted by molar-refractivity contribution is 0.271. The minimum absolute atomic E-state index is 0.0835. The molecule has 2 unspecified atom stereocenters. The molecule has 2 rings (SSSR count). The van der Waals surface area contributed by atoms with Crippen LogP contribution in [0, 0.1) is 11.7 Å². The van der Waals surface area contributed by atoms with Crippen LogP contribution in [-0.4, -0.2) is 13.1 Å². The van der Waals surface area contributed by atoms with Crippen LogP contribution in [-0.2, 0) is 6.42 Å². The molecule has 0 amide bonds. The maximum absolute atomic E-state index is 13.8. The van der Waals surface area contributed by atoms with Gasteiger partial charge in [-0.15, -0.1) is 0 Å². The van der Waals surface area contributed by atoms with Crippen molar-refractivity contribution < 1.29 is 4.39 Å². The largest absolute Gasteiger partial charge is 0.317 e. The molecule has 0 bridgehead atoms. The topological polar surface area (TPSA) is 12.0 Å². The lowest BCUT2D eigenvalue weighted by Crippen LogP contribution is -2.37. The van der Waals surface area contributed by atoms with Crippen LogP contribution in [0.15, 0.2) is 22.7 Å². The van der Waals surface area contributed by atoms with E-state index in [1.807, 2.05) is 19.2 Å². The standard InChI is InChI=1S/C14H19BrFN/c1-17-14-5-3-2-4-11(14)8-10-6-7-12(15)9-13(10)16/h6-7,9,11,14,17H,2-5,8H2,1H3. The fourth-order valence-corrected chi connectivity index (χ4v) is 3.13. The summed E-state index contributed by atoms with van der Waals surface area (Å²) in [6.45, 7) is 0. The fourth-order valence-electron chi connectivity index (χ4n) is 2.80. The van der Waals surface area contributed by atoms with Crippen molar-refractivity contribution in [1.29, 1.82) is 0 Å². The van der Waals surface area contributed by atoms with E-state index in [2.05, 4.69) is 21.2 Å². The molecular weight excluding hydrogens is 281 g/mol. The molecule has 0 spiro atoms. The molecule has 17 heavy (non-hydrogen) atoms. The third kappa shape index (κ3) is 3.29. The van der Waals surface area contributed by atoms with Gasteiger partial charge in [0.25, 0.3) is 0 Å². The molecule has 0 aliphatic heterocycles. The van der Waals surface area contributed by atoms with Crippen molar-refractivity contribution in [2.24, 2.45) is 5.92 Å². The molecule has 1 aromatic carbocycles. The van der Waals surface area contributed by atoms with Crippen molar-refractivity contribution >= 4 is 15.9 Å². The SMILES string of the molecule is CNC1CCCCC1Cc1ccc(Br)cc1F. The molecule has 2 atom stereocenters. The van der Waals surface area contributed by atoms with Gasteiger partial charge in [0.2, 0.25) is 0 Å². The molecular formula is C14H19BrFN. The van der Waals surface area contributed by atoms with Gasteiger partial charge in [-0.25, -0.2) is 4.39 Å². The summed E-state index contributed by atoms with van der Waals surface area (Å²) in [4.78, 5) is 0. The Morgan fingerprint density at radius 1 is 1.35 bits per heavy atom. The summed E-state index contributed by atoms with van der Waals surface area (Å²) in [6, 6.07) is 5.94. The Bertz CT molecular complexity index is 380. The molecule has 1 aromatic rings. The van der Waals surface area contributed by atoms with Gasteiger partial charge in [-0.1, -0.05) is 34.8 Å². The molecule has 0 aromatic heterocycles. The highest BCUT2D eigenvalue weighted by Gasteiger charge is 2.24. The highest BCUT2D eigenvalue weighted by Crippen LogP contribution is 2.28. The first-order chi connectivity index (χ1) is 8.20. The zero-order valence-electron chi connectivity index (χ0n) is 10.2. The van der Waals surface area contributed by atoms with Crippen LogP contribution in [0.3, 0.4) is 0 Å². The van der Waals surface area contributed by atoms with E-state index in [1.54, 1.807) is 6.07 Å². The zero-order chi connectivity index (χ0) is 12.3. The molecule has 1 saturated carbocycles. The lowest BCUT2D eigenvalue weighted by atomic mass is 9.81. The van der Waals surface area contributed by atoms with Crippen molar-refractivity contribution in [2.75, 3.05) is 7.05 Å². The second-order valence-electron chi connectivity index (χ2n) is 4.88. The molecule has 0 radical (unpaired) electrons. The Balaban J connectivity index is 2.08. The summed E-state index contributed by atoms with van der Waals surface area (Å²) >= 11 is 3.29. The first-order valence-corrected chi connectivity index (χ1v) is 7.11. The summed E-state index contributed by atoms with van der Waals surface area (Å²) in [6.07, 6.45) is 5.86. The minimum atomic E-state index is -0.0835. The minimum Gasteiger partial charge on any atom is -0.317 e. The normalized spacial score (nSPS) is 24.9. The van der Waals surface area contributed by atoms with Gasteiger partial charge in [-0.2, -0.15) is 0 Å². The molecule has 1 aliphatic carbocycles. The van der Waals surface area contributed by atoms with Crippen LogP contribution in [0.5, 0.6) is 0 Å². The van der Waals surface area contributed by atoms with Crippen molar-refractivity contribution in [3.63, 3.8) is 0 Å². The number of hydrogen-bond acceptors (Lipinski definition) is 1. The van der Waals surface area contributed by atoms with E-state index in [9.17, 15) is 4.39 Å². The molecule has 0 heterocycles. The third-order valence-corrected chi connectivity index (χ3v) is 4.27. The Kier molecular flexibility index (Phi) is 4.57. The lowest BCUT2D eigenvalue weighted by Gasteiger charge is -2.31. The van der Waals surface area contributed by atoms with Gasteiger partial charge in [0.15, 0.2) is 0 Å². The molecule has 0 saturated heterocycles. The predicted molar refractivity (Wildman–Crippen MR) is 72.6 cm³/mol. The average Bonchev–Trinajstić information content (AvgIpc) is 2.33. The summed E-state index contributed by atoms with van der Waals surface area (Å²) < 4.78 is 14.6. The monoisotopic (exact) mass is 299 g/mol. The zero-order valence-corrected chi connectivity index (χ0v) is 11.8. The van der Waals surface area contributed by atoms with Crippen molar-refractivity contribution in [1.82, 2.24) is 5.32 Å². The van der Waals surface area contributed by atoms with Gasteiger partial charge < -0.3 is 5.32 Å². The first kappa shape index (κ1) is 13.0. The number of halogens is 2. The van der Waals surface area contributed by atoms with E-state index >= 15 is 0 Å². The maximum Gasteiger partial charge on any atom is 0.127 e. The molecule has 1 N–H and O–H groups in total. The number of nitrogens with one attached hydrogen (secondary N) is 1. The van der Waals surface area contributed by atoms with E-state index in [1.165, 1.54) is 25.7 Å². The third-order valence-electron chi connectivity index (χ3n) is 3.78. The van der Waals surface area contributed by atoms with E-state index in [0.717, 1.165) is 16.5 Å². The van der Waals surface area contributed by atoms with Crippen molar-refractivity contribution in [2.45, 2.75) is 38.1 Å². The van der Waals surface area contributed by atoms with Crippen molar-refractivity contribution in [3.05, 3.63) is 34.1 Å². The van der Waals surface area contributed by atoms with Crippen LogP contribution in [0.1, 0.15) is 31.2 Å². The Morgan fingerprint density at radius 2 is 2.12 bits per heavy atom. The quantitative estimate of drug-likeness (QED) is 0.892. The highest BCUT2D eigenvalue weighted by atomic mass is 79.9. The second-order valence-corrected chi connectivity index (χ2v) is 5.80. The Hall–Kier alpha value is -0.410. The van der Waals surface area contributed by atoms with Gasteiger partial charge in [0, 0.05) is 10.5 Å². The summed E-state index contributed by atoms with van der Waals surface area (Å²) in [5, 5.41) is 3.37. The summed E-state index contributed by atoms with van der Waals surface area (Å²) in [7, 11) is 2.01. The van der Waals surface area contributed by atoms with Crippen LogP contribution >= 0.6 is 15.9 Å². The number of hydrogen-bond donors (Lipinski definition) is 1. The van der Waals surface area contributed by atoms with Gasteiger partial charge in [0.1, 0.15) is 5.82 Å². The van der Waals surface area contributed by atoms with E-state index in [0.29, 0.717) is 12.0 Å². The molecule has 94 valence electrons. The fraction of sp³-hybridized carbons (Fsp3) is 0.571. The maximum atomic E-state index is 13.8. The second kappa shape index (κ2) is 5.96. The Morgan fingerprint density at radius 3 is 2.82 bits per heavy atom. The van der Waals surface area contributed by atoms with Crippen LogP contribution in [0.2, 0.25) is 0 Å².